The zero-order valence-corrected chi connectivity index (χ0v) is 12.6. The summed E-state index contributed by atoms with van der Waals surface area (Å²) in [7, 11) is 2.01. The Morgan fingerprint density at radius 1 is 1.48 bits per heavy atom. The Labute approximate surface area is 124 Å². The van der Waals surface area contributed by atoms with E-state index in [1.807, 2.05) is 20.0 Å². The molecule has 1 aromatic rings. The number of aliphatic hydroxyl groups excluding tert-OH is 1. The number of benzene rings is 1. The Hall–Kier alpha value is -1.66. The van der Waals surface area contributed by atoms with Crippen LogP contribution in [0.25, 0.3) is 0 Å². The molecule has 116 valence electrons. The standard InChI is InChI=1S/C15H23N3O3/c1-3-16-15-12(5-4-6-14(15)18(20)21)10-17(2)9-11-7-13(19)8-11/h4-6,11,13,16,19H,3,7-10H2,1-2H3. The zero-order valence-electron chi connectivity index (χ0n) is 12.6. The van der Waals surface area contributed by atoms with Crippen LogP contribution in [0.4, 0.5) is 11.4 Å². The number of hydrogen-bond acceptors (Lipinski definition) is 5. The van der Waals surface area contributed by atoms with Gasteiger partial charge in [-0.25, -0.2) is 0 Å². The van der Waals surface area contributed by atoms with E-state index in [0.717, 1.165) is 24.9 Å². The molecule has 1 aliphatic carbocycles. The number of rotatable bonds is 7. The fourth-order valence-corrected chi connectivity index (χ4v) is 2.90. The molecule has 0 heterocycles. The molecule has 2 rings (SSSR count). The van der Waals surface area contributed by atoms with Crippen molar-refractivity contribution in [2.75, 3.05) is 25.5 Å². The Kier molecular flexibility index (Phi) is 5.14. The molecular formula is C15H23N3O3. The summed E-state index contributed by atoms with van der Waals surface area (Å²) in [5.41, 5.74) is 1.68. The molecule has 0 aromatic heterocycles. The number of nitrogens with zero attached hydrogens (tertiary/aromatic N) is 2. The van der Waals surface area contributed by atoms with E-state index >= 15 is 0 Å². The van der Waals surface area contributed by atoms with Gasteiger partial charge in [-0.1, -0.05) is 12.1 Å². The zero-order chi connectivity index (χ0) is 15.4. The molecule has 0 atom stereocenters. The molecule has 0 unspecified atom stereocenters. The van der Waals surface area contributed by atoms with Crippen molar-refractivity contribution in [3.05, 3.63) is 33.9 Å². The highest BCUT2D eigenvalue weighted by Gasteiger charge is 2.28. The van der Waals surface area contributed by atoms with E-state index < -0.39 is 0 Å². The summed E-state index contributed by atoms with van der Waals surface area (Å²) in [6, 6.07) is 5.19. The van der Waals surface area contributed by atoms with Gasteiger partial charge in [-0.15, -0.1) is 0 Å². The van der Waals surface area contributed by atoms with Gasteiger partial charge in [0, 0.05) is 25.7 Å². The topological polar surface area (TPSA) is 78.6 Å². The molecule has 1 saturated carbocycles. The minimum Gasteiger partial charge on any atom is -0.393 e. The second-order valence-corrected chi connectivity index (χ2v) is 5.79. The molecule has 1 aromatic carbocycles. The number of nitro groups is 1. The molecule has 0 radical (unpaired) electrons. The molecule has 0 saturated heterocycles. The molecule has 1 aliphatic rings. The van der Waals surface area contributed by atoms with Crippen LogP contribution in [0.1, 0.15) is 25.3 Å². The highest BCUT2D eigenvalue weighted by Crippen LogP contribution is 2.31. The van der Waals surface area contributed by atoms with E-state index in [0.29, 0.717) is 24.7 Å². The quantitative estimate of drug-likeness (QED) is 0.595. The lowest BCUT2D eigenvalue weighted by atomic mass is 9.82. The van der Waals surface area contributed by atoms with Crippen molar-refractivity contribution in [1.29, 1.82) is 0 Å². The maximum absolute atomic E-state index is 11.1. The van der Waals surface area contributed by atoms with Crippen LogP contribution in [0.15, 0.2) is 18.2 Å². The lowest BCUT2D eigenvalue weighted by Crippen LogP contribution is -2.36. The van der Waals surface area contributed by atoms with Crippen molar-refractivity contribution < 1.29 is 10.0 Å². The first kappa shape index (κ1) is 15.7. The van der Waals surface area contributed by atoms with Gasteiger partial charge in [-0.2, -0.15) is 0 Å². The van der Waals surface area contributed by atoms with Crippen LogP contribution in [0.2, 0.25) is 0 Å². The molecular weight excluding hydrogens is 270 g/mol. The third kappa shape index (κ3) is 3.92. The molecule has 0 spiro atoms. The van der Waals surface area contributed by atoms with Gasteiger partial charge >= 0.3 is 0 Å². The molecule has 0 aliphatic heterocycles. The van der Waals surface area contributed by atoms with Crippen molar-refractivity contribution in [2.45, 2.75) is 32.4 Å². The van der Waals surface area contributed by atoms with Crippen molar-refractivity contribution in [1.82, 2.24) is 4.90 Å². The lowest BCUT2D eigenvalue weighted by molar-refractivity contribution is -0.384. The molecule has 0 amide bonds. The Balaban J connectivity index is 2.07. The SMILES string of the molecule is CCNc1c(CN(C)CC2CC(O)C2)cccc1[N+](=O)[O-]. The largest absolute Gasteiger partial charge is 0.393 e. The highest BCUT2D eigenvalue weighted by molar-refractivity contribution is 5.66. The summed E-state index contributed by atoms with van der Waals surface area (Å²) >= 11 is 0. The van der Waals surface area contributed by atoms with Crippen LogP contribution in [0.3, 0.4) is 0 Å². The van der Waals surface area contributed by atoms with Crippen molar-refractivity contribution in [3.63, 3.8) is 0 Å². The molecule has 2 N–H and O–H groups in total. The van der Waals surface area contributed by atoms with Gasteiger partial charge in [0.05, 0.1) is 11.0 Å². The molecule has 6 nitrogen and oxygen atoms in total. The van der Waals surface area contributed by atoms with Gasteiger partial charge in [0.1, 0.15) is 5.69 Å². The van der Waals surface area contributed by atoms with Crippen molar-refractivity contribution in [3.8, 4) is 0 Å². The van der Waals surface area contributed by atoms with Gasteiger partial charge in [-0.3, -0.25) is 10.1 Å². The van der Waals surface area contributed by atoms with Gasteiger partial charge in [0.25, 0.3) is 5.69 Å². The van der Waals surface area contributed by atoms with Crippen LogP contribution in [0, 0.1) is 16.0 Å². The number of nitrogens with one attached hydrogen (secondary N) is 1. The summed E-state index contributed by atoms with van der Waals surface area (Å²) in [4.78, 5) is 12.9. The first-order valence-corrected chi connectivity index (χ1v) is 7.38. The van der Waals surface area contributed by atoms with Crippen LogP contribution in [-0.4, -0.2) is 41.2 Å². The van der Waals surface area contributed by atoms with Crippen LogP contribution >= 0.6 is 0 Å². The van der Waals surface area contributed by atoms with Crippen LogP contribution < -0.4 is 5.32 Å². The normalized spacial score (nSPS) is 21.1. The maximum atomic E-state index is 11.1. The molecule has 1 fully saturated rings. The number of aliphatic hydroxyl groups is 1. The predicted molar refractivity (Wildman–Crippen MR) is 82.3 cm³/mol. The van der Waals surface area contributed by atoms with E-state index in [9.17, 15) is 15.2 Å². The van der Waals surface area contributed by atoms with E-state index in [2.05, 4.69) is 10.2 Å². The minimum atomic E-state index is -0.343. The van der Waals surface area contributed by atoms with E-state index in [1.165, 1.54) is 6.07 Å². The Morgan fingerprint density at radius 3 is 2.76 bits per heavy atom. The van der Waals surface area contributed by atoms with Gasteiger partial charge < -0.3 is 15.3 Å². The fourth-order valence-electron chi connectivity index (χ4n) is 2.90. The second-order valence-electron chi connectivity index (χ2n) is 5.79. The van der Waals surface area contributed by atoms with E-state index in [1.54, 1.807) is 6.07 Å². The summed E-state index contributed by atoms with van der Waals surface area (Å²) in [5.74, 6) is 0.534. The first-order valence-electron chi connectivity index (χ1n) is 7.38. The maximum Gasteiger partial charge on any atom is 0.292 e. The van der Waals surface area contributed by atoms with Gasteiger partial charge in [0.2, 0.25) is 0 Å². The average Bonchev–Trinajstić information content (AvgIpc) is 2.39. The summed E-state index contributed by atoms with van der Waals surface area (Å²) in [6.07, 6.45) is 1.58. The summed E-state index contributed by atoms with van der Waals surface area (Å²) < 4.78 is 0. The Bertz CT molecular complexity index is 501. The predicted octanol–water partition coefficient (Wildman–Crippen LogP) is 2.23. The summed E-state index contributed by atoms with van der Waals surface area (Å²) in [6.45, 7) is 4.15. The summed E-state index contributed by atoms with van der Waals surface area (Å²) in [5, 5.41) is 23.6. The Morgan fingerprint density at radius 2 is 2.19 bits per heavy atom. The first-order chi connectivity index (χ1) is 10.0. The third-order valence-electron chi connectivity index (χ3n) is 3.90. The minimum absolute atomic E-state index is 0.127. The van der Waals surface area contributed by atoms with Crippen LogP contribution in [-0.2, 0) is 6.54 Å². The van der Waals surface area contributed by atoms with Crippen molar-refractivity contribution >= 4 is 11.4 Å². The van der Waals surface area contributed by atoms with Crippen LogP contribution in [0.5, 0.6) is 0 Å². The third-order valence-corrected chi connectivity index (χ3v) is 3.90. The highest BCUT2D eigenvalue weighted by atomic mass is 16.6. The van der Waals surface area contributed by atoms with Gasteiger partial charge in [0.15, 0.2) is 0 Å². The monoisotopic (exact) mass is 293 g/mol. The smallest absolute Gasteiger partial charge is 0.292 e. The van der Waals surface area contributed by atoms with Gasteiger partial charge in [-0.05, 0) is 38.3 Å². The molecule has 0 bridgehead atoms. The number of anilines is 1. The lowest BCUT2D eigenvalue weighted by Gasteiger charge is -2.34. The molecule has 21 heavy (non-hydrogen) atoms. The number of para-hydroxylation sites is 1. The average molecular weight is 293 g/mol. The van der Waals surface area contributed by atoms with E-state index in [-0.39, 0.29) is 16.7 Å². The molecule has 6 heteroatoms. The number of nitro benzene ring substituents is 1. The second kappa shape index (κ2) is 6.87. The number of hydrogen-bond donors (Lipinski definition) is 2. The fraction of sp³-hybridized carbons (Fsp3) is 0.600. The van der Waals surface area contributed by atoms with E-state index in [4.69, 9.17) is 0 Å². The van der Waals surface area contributed by atoms with Crippen molar-refractivity contribution in [2.24, 2.45) is 5.92 Å².